The largest absolute Gasteiger partial charge is 0.466 e. The van der Waals surface area contributed by atoms with Crippen LogP contribution in [0.1, 0.15) is 24.3 Å². The highest BCUT2D eigenvalue weighted by atomic mass is 32.1. The monoisotopic (exact) mass is 199 g/mol. The Balaban J connectivity index is 1.88. The van der Waals surface area contributed by atoms with Gasteiger partial charge in [-0.1, -0.05) is 16.4 Å². The van der Waals surface area contributed by atoms with E-state index in [9.17, 15) is 0 Å². The molecule has 1 aromatic rings. The lowest BCUT2D eigenvalue weighted by molar-refractivity contribution is 0.119. The minimum atomic E-state index is 0.399. The van der Waals surface area contributed by atoms with Crippen molar-refractivity contribution in [3.8, 4) is 5.19 Å². The molecule has 1 aromatic heterocycles. The fourth-order valence-electron chi connectivity index (χ4n) is 1.14. The average Bonchev–Trinajstić information content (AvgIpc) is 2.46. The van der Waals surface area contributed by atoms with Gasteiger partial charge in [0.1, 0.15) is 11.1 Å². The number of aromatic nitrogens is 2. The molecule has 0 unspecified atom stereocenters. The zero-order valence-corrected chi connectivity index (χ0v) is 8.43. The summed E-state index contributed by atoms with van der Waals surface area (Å²) in [6.45, 7) is 0.770. The van der Waals surface area contributed by atoms with Crippen molar-refractivity contribution in [3.05, 3.63) is 5.01 Å². The minimum Gasteiger partial charge on any atom is -0.466 e. The fourth-order valence-corrected chi connectivity index (χ4v) is 1.91. The van der Waals surface area contributed by atoms with E-state index in [1.54, 1.807) is 0 Å². The highest BCUT2D eigenvalue weighted by Gasteiger charge is 2.20. The molecule has 13 heavy (non-hydrogen) atoms. The quantitative estimate of drug-likeness (QED) is 0.791. The molecular weight excluding hydrogens is 186 g/mol. The maximum Gasteiger partial charge on any atom is 0.294 e. The summed E-state index contributed by atoms with van der Waals surface area (Å²) in [5.41, 5.74) is 0. The molecule has 0 atom stereocenters. The van der Waals surface area contributed by atoms with Crippen LogP contribution in [0.2, 0.25) is 0 Å². The van der Waals surface area contributed by atoms with Gasteiger partial charge in [-0.3, -0.25) is 0 Å². The first-order valence-corrected chi connectivity index (χ1v) is 5.34. The van der Waals surface area contributed by atoms with Gasteiger partial charge in [0.15, 0.2) is 0 Å². The third-order valence-electron chi connectivity index (χ3n) is 2.10. The zero-order chi connectivity index (χ0) is 9.10. The van der Waals surface area contributed by atoms with Gasteiger partial charge in [0.05, 0.1) is 0 Å². The number of hydrogen-bond acceptors (Lipinski definition) is 5. The predicted octanol–water partition coefficient (Wildman–Crippen LogP) is 1.19. The first-order valence-electron chi connectivity index (χ1n) is 4.52. The van der Waals surface area contributed by atoms with Crippen LogP contribution in [0.3, 0.4) is 0 Å². The van der Waals surface area contributed by atoms with Gasteiger partial charge in [0.2, 0.25) is 0 Å². The molecule has 0 bridgehead atoms. The molecular formula is C8H13N3OS. The SMILES string of the molecule is CNCc1nnc(OC2CCC2)s1. The molecule has 1 heterocycles. The molecule has 0 radical (unpaired) electrons. The number of rotatable bonds is 4. The lowest BCUT2D eigenvalue weighted by atomic mass is 9.96. The fraction of sp³-hybridized carbons (Fsp3) is 0.750. The molecule has 4 nitrogen and oxygen atoms in total. The van der Waals surface area contributed by atoms with E-state index >= 15 is 0 Å². The molecule has 1 fully saturated rings. The van der Waals surface area contributed by atoms with E-state index in [4.69, 9.17) is 4.74 Å². The molecule has 1 N–H and O–H groups in total. The van der Waals surface area contributed by atoms with Gasteiger partial charge in [-0.25, -0.2) is 0 Å². The van der Waals surface area contributed by atoms with Crippen LogP contribution in [-0.2, 0) is 6.54 Å². The summed E-state index contributed by atoms with van der Waals surface area (Å²) in [5.74, 6) is 0. The molecule has 72 valence electrons. The van der Waals surface area contributed by atoms with Crippen molar-refractivity contribution in [1.29, 1.82) is 0 Å². The van der Waals surface area contributed by atoms with E-state index in [0.717, 1.165) is 16.7 Å². The summed E-state index contributed by atoms with van der Waals surface area (Å²) in [6, 6.07) is 0. The van der Waals surface area contributed by atoms with Crippen LogP contribution in [0.25, 0.3) is 0 Å². The van der Waals surface area contributed by atoms with Gasteiger partial charge in [0, 0.05) is 6.54 Å². The Morgan fingerprint density at radius 2 is 2.38 bits per heavy atom. The molecule has 1 aliphatic carbocycles. The van der Waals surface area contributed by atoms with Crippen LogP contribution >= 0.6 is 11.3 Å². The van der Waals surface area contributed by atoms with Gasteiger partial charge < -0.3 is 10.1 Å². The Kier molecular flexibility index (Phi) is 2.75. The average molecular weight is 199 g/mol. The van der Waals surface area contributed by atoms with Gasteiger partial charge >= 0.3 is 0 Å². The molecule has 0 amide bonds. The summed E-state index contributed by atoms with van der Waals surface area (Å²) in [6.07, 6.45) is 4.02. The Labute approximate surface area is 81.3 Å². The molecule has 1 saturated carbocycles. The standard InChI is InChI=1S/C8H13N3OS/c1-9-5-7-10-11-8(13-7)12-6-3-2-4-6/h6,9H,2-5H2,1H3. The summed E-state index contributed by atoms with van der Waals surface area (Å²) >= 11 is 1.53. The maximum atomic E-state index is 5.59. The van der Waals surface area contributed by atoms with Crippen molar-refractivity contribution in [2.75, 3.05) is 7.05 Å². The van der Waals surface area contributed by atoms with E-state index in [1.165, 1.54) is 30.6 Å². The Morgan fingerprint density at radius 3 is 3.00 bits per heavy atom. The molecule has 0 aromatic carbocycles. The second-order valence-electron chi connectivity index (χ2n) is 3.16. The Morgan fingerprint density at radius 1 is 1.54 bits per heavy atom. The number of nitrogens with zero attached hydrogens (tertiary/aromatic N) is 2. The Bertz CT molecular complexity index is 272. The zero-order valence-electron chi connectivity index (χ0n) is 7.62. The summed E-state index contributed by atoms with van der Waals surface area (Å²) in [5, 5.41) is 12.7. The minimum absolute atomic E-state index is 0.399. The molecule has 0 saturated heterocycles. The van der Waals surface area contributed by atoms with Crippen molar-refractivity contribution in [2.45, 2.75) is 31.9 Å². The highest BCUT2D eigenvalue weighted by molar-refractivity contribution is 7.13. The lowest BCUT2D eigenvalue weighted by Gasteiger charge is -2.24. The first-order chi connectivity index (χ1) is 6.38. The van der Waals surface area contributed by atoms with E-state index in [0.29, 0.717) is 6.10 Å². The van der Waals surface area contributed by atoms with Crippen LogP contribution < -0.4 is 10.1 Å². The Hall–Kier alpha value is -0.680. The lowest BCUT2D eigenvalue weighted by Crippen LogP contribution is -2.24. The van der Waals surface area contributed by atoms with Crippen LogP contribution in [0.5, 0.6) is 5.19 Å². The maximum absolute atomic E-state index is 5.59. The predicted molar refractivity (Wildman–Crippen MR) is 50.9 cm³/mol. The van der Waals surface area contributed by atoms with Crippen molar-refractivity contribution >= 4 is 11.3 Å². The van der Waals surface area contributed by atoms with Crippen LogP contribution in [0, 0.1) is 0 Å². The summed E-state index contributed by atoms with van der Waals surface area (Å²) in [4.78, 5) is 0. The molecule has 1 aliphatic rings. The second kappa shape index (κ2) is 4.02. The van der Waals surface area contributed by atoms with E-state index in [1.807, 2.05) is 7.05 Å². The normalized spacial score (nSPS) is 17.0. The van der Waals surface area contributed by atoms with Crippen molar-refractivity contribution in [2.24, 2.45) is 0 Å². The number of hydrogen-bond donors (Lipinski definition) is 1. The van der Waals surface area contributed by atoms with Gasteiger partial charge in [0.25, 0.3) is 5.19 Å². The van der Waals surface area contributed by atoms with Crippen molar-refractivity contribution < 1.29 is 4.74 Å². The third-order valence-corrected chi connectivity index (χ3v) is 2.91. The van der Waals surface area contributed by atoms with Crippen LogP contribution in [0.4, 0.5) is 0 Å². The molecule has 0 aliphatic heterocycles. The van der Waals surface area contributed by atoms with E-state index in [2.05, 4.69) is 15.5 Å². The van der Waals surface area contributed by atoms with Gasteiger partial charge in [-0.2, -0.15) is 0 Å². The van der Waals surface area contributed by atoms with Crippen molar-refractivity contribution in [3.63, 3.8) is 0 Å². The molecule has 0 spiro atoms. The van der Waals surface area contributed by atoms with E-state index < -0.39 is 0 Å². The number of ether oxygens (including phenoxy) is 1. The van der Waals surface area contributed by atoms with Crippen molar-refractivity contribution in [1.82, 2.24) is 15.5 Å². The summed E-state index contributed by atoms with van der Waals surface area (Å²) in [7, 11) is 1.90. The number of nitrogens with one attached hydrogen (secondary N) is 1. The van der Waals surface area contributed by atoms with Crippen LogP contribution in [0.15, 0.2) is 0 Å². The molecule has 2 rings (SSSR count). The highest BCUT2D eigenvalue weighted by Crippen LogP contribution is 2.26. The van der Waals surface area contributed by atoms with Gasteiger partial charge in [-0.05, 0) is 26.3 Å². The summed E-state index contributed by atoms with van der Waals surface area (Å²) < 4.78 is 5.59. The topological polar surface area (TPSA) is 47.0 Å². The third kappa shape index (κ3) is 2.16. The smallest absolute Gasteiger partial charge is 0.294 e. The van der Waals surface area contributed by atoms with Crippen LogP contribution in [-0.4, -0.2) is 23.3 Å². The molecule has 5 heteroatoms. The second-order valence-corrected chi connectivity index (χ2v) is 4.19. The first kappa shape index (κ1) is 8.90. The van der Waals surface area contributed by atoms with E-state index in [-0.39, 0.29) is 0 Å². The van der Waals surface area contributed by atoms with Gasteiger partial charge in [-0.15, -0.1) is 5.10 Å².